The summed E-state index contributed by atoms with van der Waals surface area (Å²) in [4.78, 5) is 7.65. The molecule has 0 aromatic rings. The number of hydrogen-bond acceptors (Lipinski definition) is 1. The van der Waals surface area contributed by atoms with Crippen LogP contribution < -0.4 is 0 Å². The second kappa shape index (κ2) is 2.22. The van der Waals surface area contributed by atoms with Crippen molar-refractivity contribution in [2.24, 2.45) is 0 Å². The Bertz CT molecular complexity index is 10.8. The van der Waals surface area contributed by atoms with E-state index in [1.165, 1.54) is 0 Å². The van der Waals surface area contributed by atoms with Gasteiger partial charge < -0.3 is 4.89 Å². The maximum atomic E-state index is 7.65. The number of rotatable bonds is 0. The van der Waals surface area contributed by atoms with Gasteiger partial charge in [0.05, 0.1) is 0 Å². The summed E-state index contributed by atoms with van der Waals surface area (Å²) in [5, 5.41) is 0. The fourth-order valence-electron chi connectivity index (χ4n) is 0. The second-order valence-corrected chi connectivity index (χ2v) is 3.09. The van der Waals surface area contributed by atoms with E-state index in [4.69, 9.17) is 4.89 Å². The van der Waals surface area contributed by atoms with Gasteiger partial charge in [0.25, 0.3) is 0 Å². The maximum Gasteiger partial charge on any atom is 0.222 e. The Morgan fingerprint density at radius 3 is 1.50 bits per heavy atom. The minimum Gasteiger partial charge on any atom is -0.347 e. The van der Waals surface area contributed by atoms with Crippen LogP contribution in [-0.4, -0.2) is 4.89 Å². The standard InChI is InChI=1S/Cl2HOP/c1-4(2)3/h3H. The zero-order valence-electron chi connectivity index (χ0n) is 1.65. The van der Waals surface area contributed by atoms with Gasteiger partial charge in [-0.05, 0) is 22.5 Å². The molecule has 0 spiro atoms. The van der Waals surface area contributed by atoms with Crippen molar-refractivity contribution in [1.29, 1.82) is 0 Å². The fraction of sp³-hybridized carbons (Fsp3) is 0. The van der Waals surface area contributed by atoms with Gasteiger partial charge in [-0.2, -0.15) is 0 Å². The molecule has 0 rings (SSSR count). The van der Waals surface area contributed by atoms with Crippen molar-refractivity contribution in [3.8, 4) is 0 Å². The fourth-order valence-corrected chi connectivity index (χ4v) is 0. The molecule has 0 saturated carbocycles. The lowest BCUT2D eigenvalue weighted by Crippen LogP contribution is -1.23. The molecule has 0 aliphatic carbocycles. The van der Waals surface area contributed by atoms with Crippen molar-refractivity contribution in [1.82, 2.24) is 0 Å². The molecule has 1 nitrogen and oxygen atoms in total. The van der Waals surface area contributed by atoms with Gasteiger partial charge in [0.2, 0.25) is 6.85 Å². The monoisotopic (exact) mass is 118 g/mol. The van der Waals surface area contributed by atoms with Gasteiger partial charge >= 0.3 is 0 Å². The van der Waals surface area contributed by atoms with E-state index in [2.05, 4.69) is 22.5 Å². The summed E-state index contributed by atoms with van der Waals surface area (Å²) in [6.07, 6.45) is 0. The van der Waals surface area contributed by atoms with Gasteiger partial charge in [-0.1, -0.05) is 0 Å². The summed E-state index contributed by atoms with van der Waals surface area (Å²) in [5.41, 5.74) is 0. The zero-order chi connectivity index (χ0) is 3.58. The van der Waals surface area contributed by atoms with E-state index in [9.17, 15) is 0 Å². The molecule has 0 radical (unpaired) electrons. The Morgan fingerprint density at radius 1 is 1.50 bits per heavy atom. The van der Waals surface area contributed by atoms with Crippen LogP contribution in [0.1, 0.15) is 0 Å². The molecule has 0 bridgehead atoms. The first-order chi connectivity index (χ1) is 1.73. The highest BCUT2D eigenvalue weighted by molar-refractivity contribution is 7.99. The van der Waals surface area contributed by atoms with Gasteiger partial charge in [-0.3, -0.25) is 0 Å². The third kappa shape index (κ3) is 12.3. The van der Waals surface area contributed by atoms with Crippen LogP contribution in [0.4, 0.5) is 0 Å². The van der Waals surface area contributed by atoms with Crippen molar-refractivity contribution in [3.63, 3.8) is 0 Å². The predicted molar refractivity (Wildman–Crippen MR) is 20.8 cm³/mol. The van der Waals surface area contributed by atoms with Gasteiger partial charge in [-0.25, -0.2) is 0 Å². The van der Waals surface area contributed by atoms with Crippen LogP contribution in [0.5, 0.6) is 0 Å². The Balaban J connectivity index is 2.32. The molecule has 0 saturated heterocycles. The summed E-state index contributed by atoms with van der Waals surface area (Å²) in [6.45, 7) is -1.68. The molecule has 4 heavy (non-hydrogen) atoms. The summed E-state index contributed by atoms with van der Waals surface area (Å²) in [7, 11) is 0. The lowest BCUT2D eigenvalue weighted by atomic mass is 15.9. The molecular formula is HCl2OP. The third-order valence-electron chi connectivity index (χ3n) is 0. The topological polar surface area (TPSA) is 20.2 Å². The first kappa shape index (κ1) is 4.97. The molecule has 0 fully saturated rings. The van der Waals surface area contributed by atoms with Crippen molar-refractivity contribution in [2.45, 2.75) is 0 Å². The van der Waals surface area contributed by atoms with Crippen molar-refractivity contribution >= 4 is 29.3 Å². The van der Waals surface area contributed by atoms with E-state index in [0.29, 0.717) is 0 Å². The SMILES string of the molecule is OP(Cl)Cl. The zero-order valence-corrected chi connectivity index (χ0v) is 4.06. The van der Waals surface area contributed by atoms with E-state index < -0.39 is 6.85 Å². The van der Waals surface area contributed by atoms with Gasteiger partial charge in [-0.15, -0.1) is 0 Å². The Kier molecular flexibility index (Phi) is 2.76. The van der Waals surface area contributed by atoms with Crippen LogP contribution in [0.15, 0.2) is 0 Å². The molecule has 0 atom stereocenters. The number of halogens is 2. The summed E-state index contributed by atoms with van der Waals surface area (Å²) in [6, 6.07) is 0. The van der Waals surface area contributed by atoms with Crippen LogP contribution in [0.3, 0.4) is 0 Å². The quantitative estimate of drug-likeness (QED) is 0.481. The molecular weight excluding hydrogens is 118 g/mol. The smallest absolute Gasteiger partial charge is 0.222 e. The van der Waals surface area contributed by atoms with Crippen LogP contribution in [-0.2, 0) is 0 Å². The molecule has 1 N–H and O–H groups in total. The highest BCUT2D eigenvalue weighted by Crippen LogP contribution is 2.40. The summed E-state index contributed by atoms with van der Waals surface area (Å²) < 4.78 is 0. The minimum absolute atomic E-state index is 1.68. The molecule has 0 aliphatic heterocycles. The summed E-state index contributed by atoms with van der Waals surface area (Å²) >= 11 is 9.32. The average molecular weight is 119 g/mol. The average Bonchev–Trinajstić information content (AvgIpc) is 0.811. The first-order valence-corrected chi connectivity index (χ1v) is 3.64. The predicted octanol–water partition coefficient (Wildman–Crippen LogP) is 1.68. The first-order valence-electron chi connectivity index (χ1n) is 0.538. The molecule has 0 aliphatic rings. The highest BCUT2D eigenvalue weighted by atomic mass is 35.9. The van der Waals surface area contributed by atoms with Crippen LogP contribution >= 0.6 is 29.3 Å². The highest BCUT2D eigenvalue weighted by Gasteiger charge is 1.78. The largest absolute Gasteiger partial charge is 0.347 e. The maximum absolute atomic E-state index is 7.65. The van der Waals surface area contributed by atoms with E-state index in [1.54, 1.807) is 0 Å². The minimum atomic E-state index is -1.68. The molecule has 4 heteroatoms. The van der Waals surface area contributed by atoms with Crippen LogP contribution in [0.25, 0.3) is 0 Å². The normalized spacial score (nSPS) is 9.00. The Labute approximate surface area is 34.9 Å². The Hall–Kier alpha value is 0.970. The molecule has 0 heterocycles. The van der Waals surface area contributed by atoms with E-state index in [0.717, 1.165) is 0 Å². The lowest BCUT2D eigenvalue weighted by Gasteiger charge is -1.71. The van der Waals surface area contributed by atoms with Gasteiger partial charge in [0, 0.05) is 0 Å². The van der Waals surface area contributed by atoms with Gasteiger partial charge in [0.15, 0.2) is 0 Å². The van der Waals surface area contributed by atoms with Crippen molar-refractivity contribution in [3.05, 3.63) is 0 Å². The molecule has 26 valence electrons. The Morgan fingerprint density at radius 2 is 1.50 bits per heavy atom. The lowest BCUT2D eigenvalue weighted by molar-refractivity contribution is 0.654. The van der Waals surface area contributed by atoms with Crippen LogP contribution in [0.2, 0.25) is 0 Å². The second-order valence-electron chi connectivity index (χ2n) is 0.215. The molecule has 0 aromatic carbocycles. The van der Waals surface area contributed by atoms with Crippen molar-refractivity contribution in [2.75, 3.05) is 0 Å². The van der Waals surface area contributed by atoms with E-state index in [1.807, 2.05) is 0 Å². The third-order valence-corrected chi connectivity index (χ3v) is 0. The van der Waals surface area contributed by atoms with Gasteiger partial charge in [0.1, 0.15) is 0 Å². The van der Waals surface area contributed by atoms with Crippen molar-refractivity contribution < 1.29 is 4.89 Å². The molecule has 0 amide bonds. The van der Waals surface area contributed by atoms with E-state index in [-0.39, 0.29) is 0 Å². The molecule has 0 unspecified atom stereocenters. The number of hydrogen-bond donors (Lipinski definition) is 1. The molecule has 0 aromatic heterocycles. The summed E-state index contributed by atoms with van der Waals surface area (Å²) in [5.74, 6) is 0. The van der Waals surface area contributed by atoms with Crippen LogP contribution in [0, 0.1) is 0 Å². The van der Waals surface area contributed by atoms with E-state index >= 15 is 0 Å².